The van der Waals surface area contributed by atoms with Crippen molar-refractivity contribution in [2.45, 2.75) is 38.3 Å². The number of rotatable bonds is 2. The normalized spacial score (nSPS) is 42.6. The summed E-state index contributed by atoms with van der Waals surface area (Å²) in [6.45, 7) is 4.01. The minimum absolute atomic E-state index is 0.0696. The van der Waals surface area contributed by atoms with E-state index in [0.717, 1.165) is 0 Å². The van der Waals surface area contributed by atoms with Crippen LogP contribution in [0, 0.1) is 18.3 Å². The Morgan fingerprint density at radius 3 is 2.71 bits per heavy atom. The first-order valence-corrected chi connectivity index (χ1v) is 4.50. The second-order valence-electron chi connectivity index (χ2n) is 3.48. The van der Waals surface area contributed by atoms with Crippen LogP contribution in [0.4, 0.5) is 0 Å². The maximum Gasteiger partial charge on any atom is 0.293 e. The molecule has 0 radical (unpaired) electrons. The molecule has 4 heteroatoms. The van der Waals surface area contributed by atoms with Crippen molar-refractivity contribution in [1.29, 1.82) is 0 Å². The van der Waals surface area contributed by atoms with Crippen LogP contribution in [-0.4, -0.2) is 36.0 Å². The molecule has 1 aliphatic rings. The fourth-order valence-corrected chi connectivity index (χ4v) is 1.59. The second kappa shape index (κ2) is 4.45. The lowest BCUT2D eigenvalue weighted by atomic mass is 9.89. The lowest BCUT2D eigenvalue weighted by molar-refractivity contribution is -0.188. The summed E-state index contributed by atoms with van der Waals surface area (Å²) < 4.78 is 10.2. The van der Waals surface area contributed by atoms with Gasteiger partial charge in [-0.1, -0.05) is 12.8 Å². The van der Waals surface area contributed by atoms with Gasteiger partial charge in [0.05, 0.1) is 6.10 Å². The third-order valence-electron chi connectivity index (χ3n) is 2.64. The van der Waals surface area contributed by atoms with Crippen LogP contribution < -0.4 is 0 Å². The third-order valence-corrected chi connectivity index (χ3v) is 2.64. The number of hydrogen-bond acceptors (Lipinski definition) is 4. The molecule has 0 amide bonds. The first kappa shape index (κ1) is 11.0. The molecular weight excluding hydrogens is 184 g/mol. The molecule has 14 heavy (non-hydrogen) atoms. The standard InChI is InChI=1S/C10H14O4/c1-4-8-9(12)10(13-5-11)6(2)7(3)14-8/h1,5-10,12H,2-3H3/t6-,7-,8?,9-,10+/m1/s1. The van der Waals surface area contributed by atoms with E-state index in [0.29, 0.717) is 6.47 Å². The van der Waals surface area contributed by atoms with E-state index in [1.54, 1.807) is 0 Å². The highest BCUT2D eigenvalue weighted by molar-refractivity contribution is 5.38. The molecule has 0 aromatic rings. The summed E-state index contributed by atoms with van der Waals surface area (Å²) in [5, 5.41) is 9.70. The van der Waals surface area contributed by atoms with Crippen LogP contribution >= 0.6 is 0 Å². The minimum atomic E-state index is -0.948. The number of aliphatic hydroxyl groups is 1. The van der Waals surface area contributed by atoms with E-state index in [2.05, 4.69) is 5.92 Å². The molecule has 1 heterocycles. The Morgan fingerprint density at radius 1 is 1.57 bits per heavy atom. The predicted octanol–water partition coefficient (Wildman–Crippen LogP) is -0.0545. The van der Waals surface area contributed by atoms with Gasteiger partial charge in [-0.3, -0.25) is 4.79 Å². The van der Waals surface area contributed by atoms with E-state index in [-0.39, 0.29) is 12.0 Å². The number of aliphatic hydroxyl groups excluding tert-OH is 1. The molecule has 1 rings (SSSR count). The van der Waals surface area contributed by atoms with Crippen molar-refractivity contribution in [2.24, 2.45) is 5.92 Å². The Hall–Kier alpha value is -1.05. The topological polar surface area (TPSA) is 55.8 Å². The smallest absolute Gasteiger partial charge is 0.293 e. The van der Waals surface area contributed by atoms with Crippen molar-refractivity contribution in [1.82, 2.24) is 0 Å². The summed E-state index contributed by atoms with van der Waals surface area (Å²) in [5.41, 5.74) is 0. The third kappa shape index (κ3) is 1.89. The zero-order valence-corrected chi connectivity index (χ0v) is 8.21. The lowest BCUT2D eigenvalue weighted by Gasteiger charge is -2.39. The van der Waals surface area contributed by atoms with Crippen LogP contribution in [0.2, 0.25) is 0 Å². The summed E-state index contributed by atoms with van der Waals surface area (Å²) in [7, 11) is 0. The van der Waals surface area contributed by atoms with Crippen molar-refractivity contribution in [3.05, 3.63) is 0 Å². The van der Waals surface area contributed by atoms with E-state index in [9.17, 15) is 9.90 Å². The molecule has 78 valence electrons. The average molecular weight is 198 g/mol. The quantitative estimate of drug-likeness (QED) is 0.499. The monoisotopic (exact) mass is 198 g/mol. The number of ether oxygens (including phenoxy) is 2. The van der Waals surface area contributed by atoms with E-state index < -0.39 is 18.3 Å². The van der Waals surface area contributed by atoms with Crippen molar-refractivity contribution in [3.8, 4) is 12.3 Å². The maximum atomic E-state index is 10.2. The molecule has 0 aliphatic carbocycles. The Morgan fingerprint density at radius 2 is 2.21 bits per heavy atom. The van der Waals surface area contributed by atoms with Gasteiger partial charge in [-0.25, -0.2) is 0 Å². The van der Waals surface area contributed by atoms with E-state index in [1.165, 1.54) is 0 Å². The summed E-state index contributed by atoms with van der Waals surface area (Å²) >= 11 is 0. The van der Waals surface area contributed by atoms with E-state index in [1.807, 2.05) is 13.8 Å². The van der Waals surface area contributed by atoms with Crippen molar-refractivity contribution in [2.75, 3.05) is 0 Å². The molecule has 5 atom stereocenters. The predicted molar refractivity (Wildman–Crippen MR) is 49.3 cm³/mol. The molecule has 1 saturated heterocycles. The van der Waals surface area contributed by atoms with Gasteiger partial charge in [-0.05, 0) is 6.92 Å². The molecule has 0 bridgehead atoms. The van der Waals surface area contributed by atoms with Gasteiger partial charge < -0.3 is 14.6 Å². The van der Waals surface area contributed by atoms with Crippen molar-refractivity contribution in [3.63, 3.8) is 0 Å². The van der Waals surface area contributed by atoms with Crippen LogP contribution in [0.15, 0.2) is 0 Å². The Bertz CT molecular complexity index is 245. The molecule has 0 aromatic carbocycles. The highest BCUT2D eigenvalue weighted by Gasteiger charge is 2.41. The zero-order valence-electron chi connectivity index (χ0n) is 8.21. The van der Waals surface area contributed by atoms with Gasteiger partial charge in [0.1, 0.15) is 18.3 Å². The molecule has 1 unspecified atom stereocenters. The fraction of sp³-hybridized carbons (Fsp3) is 0.700. The Labute approximate surface area is 83.2 Å². The first-order chi connectivity index (χ1) is 6.61. The highest BCUT2D eigenvalue weighted by Crippen LogP contribution is 2.27. The molecule has 0 spiro atoms. The number of carbonyl (C=O) groups excluding carboxylic acids is 1. The van der Waals surface area contributed by atoms with Crippen molar-refractivity contribution < 1.29 is 19.4 Å². The maximum absolute atomic E-state index is 10.2. The second-order valence-corrected chi connectivity index (χ2v) is 3.48. The number of carbonyl (C=O) groups is 1. The van der Waals surface area contributed by atoms with Gasteiger partial charge in [0, 0.05) is 5.92 Å². The number of hydrogen-bond donors (Lipinski definition) is 1. The van der Waals surface area contributed by atoms with Gasteiger partial charge in [-0.15, -0.1) is 6.42 Å². The summed E-state index contributed by atoms with van der Waals surface area (Å²) in [5.74, 6) is 2.26. The fourth-order valence-electron chi connectivity index (χ4n) is 1.59. The van der Waals surface area contributed by atoms with Gasteiger partial charge in [0.25, 0.3) is 6.47 Å². The van der Waals surface area contributed by atoms with Crippen LogP contribution in [0.25, 0.3) is 0 Å². The molecule has 1 aliphatic heterocycles. The van der Waals surface area contributed by atoms with Gasteiger partial charge in [0.15, 0.2) is 0 Å². The zero-order chi connectivity index (χ0) is 10.7. The Kier molecular flexibility index (Phi) is 3.50. The van der Waals surface area contributed by atoms with Crippen LogP contribution in [0.5, 0.6) is 0 Å². The SMILES string of the molecule is C#CC1O[C@H](C)[C@@H](C)[C@H](OC=O)[C@@H]1O. The molecule has 1 N–H and O–H groups in total. The molecule has 0 saturated carbocycles. The van der Waals surface area contributed by atoms with Gasteiger partial charge >= 0.3 is 0 Å². The average Bonchev–Trinajstić information content (AvgIpc) is 2.18. The van der Waals surface area contributed by atoms with Crippen LogP contribution in [0.3, 0.4) is 0 Å². The highest BCUT2D eigenvalue weighted by atomic mass is 16.6. The molecule has 0 aromatic heterocycles. The van der Waals surface area contributed by atoms with Crippen molar-refractivity contribution >= 4 is 6.47 Å². The van der Waals surface area contributed by atoms with Crippen LogP contribution in [-0.2, 0) is 14.3 Å². The van der Waals surface area contributed by atoms with Gasteiger partial charge in [-0.2, -0.15) is 0 Å². The van der Waals surface area contributed by atoms with E-state index in [4.69, 9.17) is 15.9 Å². The first-order valence-electron chi connectivity index (χ1n) is 4.50. The summed E-state index contributed by atoms with van der Waals surface area (Å²) in [4.78, 5) is 10.2. The molecule has 4 nitrogen and oxygen atoms in total. The molecular formula is C10H14O4. The Balaban J connectivity index is 2.78. The number of terminal acetylenes is 1. The van der Waals surface area contributed by atoms with Gasteiger partial charge in [0.2, 0.25) is 0 Å². The minimum Gasteiger partial charge on any atom is -0.461 e. The molecule has 1 fully saturated rings. The summed E-state index contributed by atoms with van der Waals surface area (Å²) in [6, 6.07) is 0. The summed E-state index contributed by atoms with van der Waals surface area (Å²) in [6.07, 6.45) is 2.81. The van der Waals surface area contributed by atoms with E-state index >= 15 is 0 Å². The van der Waals surface area contributed by atoms with Crippen LogP contribution in [0.1, 0.15) is 13.8 Å². The lowest BCUT2D eigenvalue weighted by Crippen LogP contribution is -2.53. The largest absolute Gasteiger partial charge is 0.461 e.